The Morgan fingerprint density at radius 3 is 0.963 bits per heavy atom. The van der Waals surface area contributed by atoms with Crippen LogP contribution >= 0.6 is 0 Å². The second-order valence-corrected chi connectivity index (χ2v) is 15.8. The van der Waals surface area contributed by atoms with Gasteiger partial charge in [-0.15, -0.1) is 0 Å². The molecule has 1 aliphatic heterocycles. The fourth-order valence-electron chi connectivity index (χ4n) is 8.51. The number of amides is 3. The highest BCUT2D eigenvalue weighted by molar-refractivity contribution is 5.91. The zero-order valence-electron chi connectivity index (χ0n) is 33.1. The van der Waals surface area contributed by atoms with Gasteiger partial charge in [0.15, 0.2) is 24.4 Å². The summed E-state index contributed by atoms with van der Waals surface area (Å²) in [6.07, 6.45) is 11.0. The lowest BCUT2D eigenvalue weighted by Gasteiger charge is -2.33. The summed E-state index contributed by atoms with van der Waals surface area (Å²) in [6.45, 7) is 5.79. The van der Waals surface area contributed by atoms with Crippen molar-refractivity contribution in [3.8, 4) is 0 Å². The normalized spacial score (nSPS) is 29.0. The molecule has 3 aliphatic carbocycles. The SMILES string of the molecule is CC(NC(=O)[C@H]1OCCOCCO[C@H](C(=O)NC(C)C2CCCCC2)[C@@H](C(=O)NC(C)C2CCCCC2)OCCOCCO[C@@H]1C(=O)O)C1CCCCC1. The molecule has 4 rings (SSSR count). The smallest absolute Gasteiger partial charge is 0.336 e. The number of hydrogen-bond acceptors (Lipinski definition) is 10. The van der Waals surface area contributed by atoms with Gasteiger partial charge in [0.1, 0.15) is 0 Å². The number of carboxylic acid groups (broad SMARTS) is 1. The summed E-state index contributed by atoms with van der Waals surface area (Å²) in [6, 6.07) is -0.334. The predicted molar refractivity (Wildman–Crippen MR) is 201 cm³/mol. The zero-order valence-corrected chi connectivity index (χ0v) is 33.1. The van der Waals surface area contributed by atoms with Crippen LogP contribution in [0.2, 0.25) is 0 Å². The Balaban J connectivity index is 1.43. The molecule has 3 saturated carbocycles. The van der Waals surface area contributed by atoms with Crippen LogP contribution in [0.3, 0.4) is 0 Å². The van der Waals surface area contributed by atoms with Gasteiger partial charge in [-0.05, 0) is 77.0 Å². The highest BCUT2D eigenvalue weighted by atomic mass is 16.6. The van der Waals surface area contributed by atoms with Gasteiger partial charge >= 0.3 is 5.97 Å². The average molecular weight is 768 g/mol. The van der Waals surface area contributed by atoms with Crippen molar-refractivity contribution in [1.29, 1.82) is 0 Å². The lowest BCUT2D eigenvalue weighted by Crippen LogP contribution is -2.56. The van der Waals surface area contributed by atoms with Gasteiger partial charge in [0, 0.05) is 18.1 Å². The second kappa shape index (κ2) is 24.3. The van der Waals surface area contributed by atoms with Crippen LogP contribution in [0.15, 0.2) is 0 Å². The molecule has 1 heterocycles. The van der Waals surface area contributed by atoms with Crippen LogP contribution in [0.1, 0.15) is 117 Å². The van der Waals surface area contributed by atoms with Gasteiger partial charge < -0.3 is 49.5 Å². The second-order valence-electron chi connectivity index (χ2n) is 15.8. The summed E-state index contributed by atoms with van der Waals surface area (Å²) < 4.78 is 35.3. The molecular weight excluding hydrogens is 698 g/mol. The first kappa shape index (κ1) is 44.4. The van der Waals surface area contributed by atoms with Crippen LogP contribution in [0.5, 0.6) is 0 Å². The van der Waals surface area contributed by atoms with E-state index < -0.39 is 48.1 Å². The molecule has 54 heavy (non-hydrogen) atoms. The molecule has 1 saturated heterocycles. The molecule has 310 valence electrons. The average Bonchev–Trinajstić information content (AvgIpc) is 3.18. The molecular formula is C40H69N3O11. The van der Waals surface area contributed by atoms with Crippen molar-refractivity contribution in [3.63, 3.8) is 0 Å². The number of aliphatic carboxylic acids is 1. The van der Waals surface area contributed by atoms with E-state index in [0.717, 1.165) is 77.0 Å². The minimum absolute atomic E-state index is 0.00202. The maximum absolute atomic E-state index is 14.0. The highest BCUT2D eigenvalue weighted by Crippen LogP contribution is 2.29. The number of carboxylic acids is 1. The van der Waals surface area contributed by atoms with Crippen molar-refractivity contribution >= 4 is 23.7 Å². The van der Waals surface area contributed by atoms with Crippen molar-refractivity contribution in [3.05, 3.63) is 0 Å². The number of carbonyl (C=O) groups excluding carboxylic acids is 3. The summed E-state index contributed by atoms with van der Waals surface area (Å²) in [7, 11) is 0. The fraction of sp³-hybridized carbons (Fsp3) is 0.900. The standard InChI is InChI=1S/C40H69N3O11/c1-27(30-13-7-4-8-14-30)41-37(44)33-34(38(45)42-28(2)31-15-9-5-10-16-31)52-24-20-50-22-26-54-36(40(47)48)35(53-25-21-49-19-23-51-33)39(46)43-29(3)32-17-11-6-12-18-32/h27-36H,4-26H2,1-3H3,(H,41,44)(H,42,45)(H,43,46)(H,47,48)/t27?,28?,29?,33-,34-,35-,36-/m0/s1. The van der Waals surface area contributed by atoms with Gasteiger partial charge in [0.2, 0.25) is 0 Å². The van der Waals surface area contributed by atoms with Crippen molar-refractivity contribution in [2.75, 3.05) is 52.9 Å². The lowest BCUT2D eigenvalue weighted by molar-refractivity contribution is -0.173. The van der Waals surface area contributed by atoms with Gasteiger partial charge in [0.25, 0.3) is 17.7 Å². The maximum Gasteiger partial charge on any atom is 0.336 e. The molecule has 0 radical (unpaired) electrons. The lowest BCUT2D eigenvalue weighted by atomic mass is 9.84. The van der Waals surface area contributed by atoms with E-state index in [1.165, 1.54) is 19.3 Å². The van der Waals surface area contributed by atoms with Gasteiger partial charge in [-0.3, -0.25) is 14.4 Å². The third kappa shape index (κ3) is 14.6. The van der Waals surface area contributed by atoms with Gasteiger partial charge in [0.05, 0.1) is 52.9 Å². The molecule has 14 heteroatoms. The van der Waals surface area contributed by atoms with E-state index >= 15 is 0 Å². The summed E-state index contributed by atoms with van der Waals surface area (Å²) in [4.78, 5) is 53.7. The first-order chi connectivity index (χ1) is 26.2. The van der Waals surface area contributed by atoms with E-state index in [1.54, 1.807) is 0 Å². The Bertz CT molecular complexity index is 1130. The van der Waals surface area contributed by atoms with Crippen LogP contribution in [0.4, 0.5) is 0 Å². The van der Waals surface area contributed by atoms with E-state index in [2.05, 4.69) is 16.0 Å². The third-order valence-electron chi connectivity index (χ3n) is 11.8. The minimum Gasteiger partial charge on any atom is -0.479 e. The number of rotatable bonds is 10. The van der Waals surface area contributed by atoms with E-state index in [-0.39, 0.29) is 71.0 Å². The molecule has 14 nitrogen and oxygen atoms in total. The number of nitrogens with one attached hydrogen (secondary N) is 3. The quantitative estimate of drug-likeness (QED) is 0.253. The number of carbonyl (C=O) groups is 4. The van der Waals surface area contributed by atoms with Crippen LogP contribution < -0.4 is 16.0 Å². The van der Waals surface area contributed by atoms with Crippen LogP contribution in [-0.4, -0.2) is 124 Å². The Morgan fingerprint density at radius 1 is 0.426 bits per heavy atom. The minimum atomic E-state index is -1.57. The molecule has 3 unspecified atom stereocenters. The summed E-state index contributed by atoms with van der Waals surface area (Å²) >= 11 is 0. The molecule has 7 atom stereocenters. The molecule has 3 amide bonds. The third-order valence-corrected chi connectivity index (χ3v) is 11.8. The Labute approximate surface area is 322 Å². The number of ether oxygens (including phenoxy) is 6. The zero-order chi connectivity index (χ0) is 38.7. The Kier molecular flexibility index (Phi) is 20.0. The molecule has 0 aromatic rings. The van der Waals surface area contributed by atoms with E-state index in [1.807, 2.05) is 20.8 Å². The molecule has 0 spiro atoms. The molecule has 0 aromatic heterocycles. The highest BCUT2D eigenvalue weighted by Gasteiger charge is 2.39. The van der Waals surface area contributed by atoms with Crippen LogP contribution in [0, 0.1) is 17.8 Å². The Morgan fingerprint density at radius 2 is 0.685 bits per heavy atom. The monoisotopic (exact) mass is 767 g/mol. The van der Waals surface area contributed by atoms with Crippen molar-refractivity contribution < 1.29 is 52.7 Å². The molecule has 0 aromatic carbocycles. The van der Waals surface area contributed by atoms with Crippen molar-refractivity contribution in [2.24, 2.45) is 17.8 Å². The van der Waals surface area contributed by atoms with Crippen LogP contribution in [0.25, 0.3) is 0 Å². The maximum atomic E-state index is 14.0. The van der Waals surface area contributed by atoms with E-state index in [0.29, 0.717) is 17.8 Å². The van der Waals surface area contributed by atoms with Gasteiger partial charge in [-0.1, -0.05) is 57.8 Å². The van der Waals surface area contributed by atoms with Gasteiger partial charge in [-0.2, -0.15) is 0 Å². The predicted octanol–water partition coefficient (Wildman–Crippen LogP) is 3.91. The molecule has 4 N–H and O–H groups in total. The van der Waals surface area contributed by atoms with Crippen molar-refractivity contribution in [1.82, 2.24) is 16.0 Å². The summed E-state index contributed by atoms with van der Waals surface area (Å²) in [5.41, 5.74) is 0. The fourth-order valence-corrected chi connectivity index (χ4v) is 8.51. The van der Waals surface area contributed by atoms with E-state index in [4.69, 9.17) is 28.4 Å². The first-order valence-electron chi connectivity index (χ1n) is 20.9. The topological polar surface area (TPSA) is 180 Å². The van der Waals surface area contributed by atoms with Crippen LogP contribution in [-0.2, 0) is 47.6 Å². The molecule has 4 fully saturated rings. The van der Waals surface area contributed by atoms with Gasteiger partial charge in [-0.25, -0.2) is 4.79 Å². The Hall–Kier alpha value is -2.36. The van der Waals surface area contributed by atoms with Crippen molar-refractivity contribution in [2.45, 2.75) is 160 Å². The largest absolute Gasteiger partial charge is 0.479 e. The number of hydrogen-bond donors (Lipinski definition) is 4. The summed E-state index contributed by atoms with van der Waals surface area (Å²) in [5, 5.41) is 19.3. The summed E-state index contributed by atoms with van der Waals surface area (Å²) in [5.74, 6) is -1.70. The molecule has 4 aliphatic rings. The van der Waals surface area contributed by atoms with E-state index in [9.17, 15) is 24.3 Å². The molecule has 0 bridgehead atoms. The first-order valence-corrected chi connectivity index (χ1v) is 20.9.